The molecule has 0 N–H and O–H groups in total. The zero-order valence-electron chi connectivity index (χ0n) is 13.5. The van der Waals surface area contributed by atoms with Crippen LogP contribution in [0.4, 0.5) is 4.79 Å². The summed E-state index contributed by atoms with van der Waals surface area (Å²) in [7, 11) is 0. The van der Waals surface area contributed by atoms with E-state index in [1.54, 1.807) is 29.2 Å². The van der Waals surface area contributed by atoms with E-state index < -0.39 is 11.7 Å². The number of amides is 1. The van der Waals surface area contributed by atoms with Crippen molar-refractivity contribution in [3.05, 3.63) is 39.8 Å². The molecule has 25 heavy (non-hydrogen) atoms. The number of hydrogen-bond acceptors (Lipinski definition) is 5. The van der Waals surface area contributed by atoms with Crippen molar-refractivity contribution in [1.29, 1.82) is 0 Å². The predicted octanol–water partition coefficient (Wildman–Crippen LogP) is 1.69. The van der Waals surface area contributed by atoms with Gasteiger partial charge in [-0.15, -0.1) is 4.68 Å². The van der Waals surface area contributed by atoms with Gasteiger partial charge >= 0.3 is 11.7 Å². The van der Waals surface area contributed by atoms with E-state index in [1.165, 1.54) is 0 Å². The molecule has 1 saturated heterocycles. The van der Waals surface area contributed by atoms with Gasteiger partial charge in [-0.05, 0) is 48.2 Å². The molecule has 0 atom stereocenters. The number of para-hydroxylation sites is 1. The highest BCUT2D eigenvalue weighted by atomic mass is 35.5. The summed E-state index contributed by atoms with van der Waals surface area (Å²) in [5.41, 5.74) is -0.215. The molecule has 0 spiro atoms. The van der Waals surface area contributed by atoms with Gasteiger partial charge in [-0.1, -0.05) is 23.7 Å². The summed E-state index contributed by atoms with van der Waals surface area (Å²) in [4.78, 5) is 27.4. The standard InChI is InChI=1S/C16H18ClN5O3/c17-13-3-1-2-4-14(13)21-16(24)22(19-18-21)15(23)20(11-5-6-11)12-7-9-25-10-8-12/h1-4,11-12H,5-10H2. The van der Waals surface area contributed by atoms with E-state index >= 15 is 0 Å². The van der Waals surface area contributed by atoms with Crippen LogP contribution in [0.5, 0.6) is 0 Å². The molecular weight excluding hydrogens is 346 g/mol. The average Bonchev–Trinajstić information content (AvgIpc) is 3.38. The first kappa shape index (κ1) is 16.3. The Balaban J connectivity index is 1.66. The second kappa shape index (κ2) is 6.61. The third kappa shape index (κ3) is 3.07. The van der Waals surface area contributed by atoms with Gasteiger partial charge in [0.25, 0.3) is 0 Å². The molecule has 8 nitrogen and oxygen atoms in total. The maximum absolute atomic E-state index is 13.0. The predicted molar refractivity (Wildman–Crippen MR) is 90.1 cm³/mol. The van der Waals surface area contributed by atoms with Gasteiger partial charge in [-0.2, -0.15) is 4.68 Å². The smallest absolute Gasteiger partial charge is 0.377 e. The van der Waals surface area contributed by atoms with E-state index in [9.17, 15) is 9.59 Å². The second-order valence-corrected chi connectivity index (χ2v) is 6.71. The Kier molecular flexibility index (Phi) is 4.30. The highest BCUT2D eigenvalue weighted by Gasteiger charge is 2.40. The summed E-state index contributed by atoms with van der Waals surface area (Å²) in [6.07, 6.45) is 3.46. The molecule has 2 fully saturated rings. The zero-order valence-corrected chi connectivity index (χ0v) is 14.3. The lowest BCUT2D eigenvalue weighted by molar-refractivity contribution is 0.0432. The van der Waals surface area contributed by atoms with E-state index in [-0.39, 0.29) is 12.1 Å². The minimum absolute atomic E-state index is 0.0751. The van der Waals surface area contributed by atoms with E-state index in [1.807, 2.05) is 0 Å². The van der Waals surface area contributed by atoms with Crippen LogP contribution in [0, 0.1) is 0 Å². The molecule has 9 heteroatoms. The highest BCUT2D eigenvalue weighted by Crippen LogP contribution is 2.32. The van der Waals surface area contributed by atoms with Crippen molar-refractivity contribution in [2.24, 2.45) is 0 Å². The van der Waals surface area contributed by atoms with Crippen molar-refractivity contribution in [1.82, 2.24) is 24.7 Å². The minimum atomic E-state index is -0.615. The van der Waals surface area contributed by atoms with Gasteiger partial charge in [-0.3, -0.25) is 0 Å². The van der Waals surface area contributed by atoms with Gasteiger partial charge in [0, 0.05) is 25.3 Å². The SMILES string of the molecule is O=C(N(C1CCOCC1)C1CC1)n1nnn(-c2ccccc2Cl)c1=O. The van der Waals surface area contributed by atoms with Crippen molar-refractivity contribution >= 4 is 17.6 Å². The van der Waals surface area contributed by atoms with Crippen LogP contribution in [0.15, 0.2) is 29.1 Å². The lowest BCUT2D eigenvalue weighted by Crippen LogP contribution is -2.49. The molecule has 1 amide bonds. The average molecular weight is 364 g/mol. The maximum Gasteiger partial charge on any atom is 0.377 e. The van der Waals surface area contributed by atoms with E-state index in [4.69, 9.17) is 16.3 Å². The van der Waals surface area contributed by atoms with Crippen molar-refractivity contribution in [2.45, 2.75) is 37.8 Å². The lowest BCUT2D eigenvalue weighted by atomic mass is 10.1. The third-order valence-electron chi connectivity index (χ3n) is 4.59. The molecule has 0 unspecified atom stereocenters. The number of nitrogens with zero attached hydrogens (tertiary/aromatic N) is 5. The number of rotatable bonds is 3. The van der Waals surface area contributed by atoms with Crippen LogP contribution >= 0.6 is 11.6 Å². The molecule has 1 aliphatic carbocycles. The molecule has 1 aromatic carbocycles. The van der Waals surface area contributed by atoms with Crippen molar-refractivity contribution in [3.63, 3.8) is 0 Å². The fourth-order valence-corrected chi connectivity index (χ4v) is 3.39. The van der Waals surface area contributed by atoms with Crippen LogP contribution in [0.1, 0.15) is 25.7 Å². The Bertz CT molecular complexity index is 838. The van der Waals surface area contributed by atoms with Crippen molar-refractivity contribution in [2.75, 3.05) is 13.2 Å². The van der Waals surface area contributed by atoms with Gasteiger partial charge in [0.1, 0.15) is 0 Å². The van der Waals surface area contributed by atoms with E-state index in [0.717, 1.165) is 35.0 Å². The fourth-order valence-electron chi connectivity index (χ4n) is 3.18. The summed E-state index contributed by atoms with van der Waals surface area (Å²) >= 11 is 6.12. The molecule has 2 aliphatic rings. The fraction of sp³-hybridized carbons (Fsp3) is 0.500. The monoisotopic (exact) mass is 363 g/mol. The molecular formula is C16H18ClN5O3. The Morgan fingerprint density at radius 1 is 1.12 bits per heavy atom. The van der Waals surface area contributed by atoms with Crippen molar-refractivity contribution < 1.29 is 9.53 Å². The lowest BCUT2D eigenvalue weighted by Gasteiger charge is -2.33. The van der Waals surface area contributed by atoms with Crippen LogP contribution < -0.4 is 5.69 Å². The first-order chi connectivity index (χ1) is 12.2. The number of hydrogen-bond donors (Lipinski definition) is 0. The number of aromatic nitrogens is 4. The number of carbonyl (C=O) groups excluding carboxylic acids is 1. The Morgan fingerprint density at radius 2 is 1.80 bits per heavy atom. The number of tetrazole rings is 1. The second-order valence-electron chi connectivity index (χ2n) is 6.30. The van der Waals surface area contributed by atoms with Gasteiger partial charge in [0.2, 0.25) is 0 Å². The van der Waals surface area contributed by atoms with Crippen LogP contribution in [-0.2, 0) is 4.74 Å². The number of halogens is 1. The van der Waals surface area contributed by atoms with Crippen LogP contribution in [0.3, 0.4) is 0 Å². The molecule has 2 heterocycles. The third-order valence-corrected chi connectivity index (χ3v) is 4.91. The summed E-state index contributed by atoms with van der Waals surface area (Å²) < 4.78 is 7.26. The van der Waals surface area contributed by atoms with Gasteiger partial charge in [-0.25, -0.2) is 9.59 Å². The number of carbonyl (C=O) groups is 1. The van der Waals surface area contributed by atoms with Crippen LogP contribution in [0.25, 0.3) is 5.69 Å². The van der Waals surface area contributed by atoms with Gasteiger partial charge in [0.05, 0.1) is 10.7 Å². The number of benzene rings is 1. The minimum Gasteiger partial charge on any atom is -0.381 e. The normalized spacial score (nSPS) is 18.3. The molecule has 1 aliphatic heterocycles. The molecule has 132 valence electrons. The molecule has 2 aromatic rings. The van der Waals surface area contributed by atoms with E-state index in [2.05, 4.69) is 10.4 Å². The summed E-state index contributed by atoms with van der Waals surface area (Å²) in [5, 5.41) is 8.00. The summed E-state index contributed by atoms with van der Waals surface area (Å²) in [6, 6.07) is 6.64. The highest BCUT2D eigenvalue weighted by molar-refractivity contribution is 6.32. The van der Waals surface area contributed by atoms with Gasteiger partial charge in [0.15, 0.2) is 0 Å². The molecule has 0 radical (unpaired) electrons. The number of ether oxygens (including phenoxy) is 1. The van der Waals surface area contributed by atoms with Crippen molar-refractivity contribution in [3.8, 4) is 5.69 Å². The molecule has 0 bridgehead atoms. The Labute approximate surface area is 148 Å². The molecule has 1 saturated carbocycles. The largest absolute Gasteiger partial charge is 0.381 e. The topological polar surface area (TPSA) is 82.2 Å². The van der Waals surface area contributed by atoms with Crippen LogP contribution in [0.2, 0.25) is 5.02 Å². The Morgan fingerprint density at radius 3 is 2.48 bits per heavy atom. The molecule has 1 aromatic heterocycles. The Hall–Kier alpha value is -2.19. The quantitative estimate of drug-likeness (QED) is 0.775. The maximum atomic E-state index is 13.0. The summed E-state index contributed by atoms with van der Waals surface area (Å²) in [5.74, 6) is 0. The van der Waals surface area contributed by atoms with Gasteiger partial charge < -0.3 is 9.64 Å². The first-order valence-corrected chi connectivity index (χ1v) is 8.75. The zero-order chi connectivity index (χ0) is 17.4. The molecule has 4 rings (SSSR count). The summed E-state index contributed by atoms with van der Waals surface area (Å²) in [6.45, 7) is 1.25. The first-order valence-electron chi connectivity index (χ1n) is 8.37. The van der Waals surface area contributed by atoms with Crippen LogP contribution in [-0.4, -0.2) is 56.0 Å². The van der Waals surface area contributed by atoms with E-state index in [0.29, 0.717) is 23.9 Å².